The summed E-state index contributed by atoms with van der Waals surface area (Å²) in [4.78, 5) is 31.7. The molecule has 2 aromatic heterocycles. The van der Waals surface area contributed by atoms with E-state index >= 15 is 0 Å². The molecule has 1 aromatic carbocycles. The lowest BCUT2D eigenvalue weighted by Crippen LogP contribution is -2.45. The highest BCUT2D eigenvalue weighted by atomic mass is 16.5. The van der Waals surface area contributed by atoms with Crippen LogP contribution in [0, 0.1) is 0 Å². The molecule has 0 radical (unpaired) electrons. The molecule has 3 heterocycles. The quantitative estimate of drug-likeness (QED) is 0.653. The van der Waals surface area contributed by atoms with Crippen molar-refractivity contribution in [1.29, 1.82) is 0 Å². The van der Waals surface area contributed by atoms with E-state index in [9.17, 15) is 9.59 Å². The SMILES string of the molecule is COc1ccc(NC(=O)C2CCCN2C(=O)Nc2cnc3c(cnn3C(C)C)c2)cc1. The summed E-state index contributed by atoms with van der Waals surface area (Å²) < 4.78 is 6.97. The molecule has 0 aliphatic carbocycles. The number of amides is 3. The van der Waals surface area contributed by atoms with Crippen LogP contribution in [0.1, 0.15) is 32.7 Å². The maximum absolute atomic E-state index is 12.9. The van der Waals surface area contributed by atoms with Gasteiger partial charge in [-0.2, -0.15) is 5.10 Å². The number of nitrogens with zero attached hydrogens (tertiary/aromatic N) is 4. The van der Waals surface area contributed by atoms with Gasteiger partial charge in [-0.1, -0.05) is 0 Å². The Bertz CT molecular complexity index is 1090. The Morgan fingerprint density at radius 1 is 1.13 bits per heavy atom. The molecule has 1 saturated heterocycles. The Hall–Kier alpha value is -3.62. The minimum absolute atomic E-state index is 0.194. The molecule has 0 bridgehead atoms. The fourth-order valence-corrected chi connectivity index (χ4v) is 3.76. The van der Waals surface area contributed by atoms with E-state index in [-0.39, 0.29) is 18.0 Å². The van der Waals surface area contributed by atoms with Crippen LogP contribution in [0.4, 0.5) is 16.2 Å². The van der Waals surface area contributed by atoms with Gasteiger partial charge in [-0.15, -0.1) is 0 Å². The molecule has 0 spiro atoms. The van der Waals surface area contributed by atoms with Gasteiger partial charge in [0.05, 0.1) is 25.2 Å². The maximum atomic E-state index is 12.9. The monoisotopic (exact) mass is 422 g/mol. The van der Waals surface area contributed by atoms with E-state index in [2.05, 4.69) is 20.7 Å². The molecule has 1 aliphatic rings. The predicted molar refractivity (Wildman–Crippen MR) is 118 cm³/mol. The Labute approximate surface area is 180 Å². The zero-order chi connectivity index (χ0) is 22.0. The fraction of sp³-hybridized carbons (Fsp3) is 0.364. The van der Waals surface area contributed by atoms with Gasteiger partial charge < -0.3 is 20.3 Å². The van der Waals surface area contributed by atoms with Crippen molar-refractivity contribution in [1.82, 2.24) is 19.7 Å². The molecule has 1 atom stereocenters. The van der Waals surface area contributed by atoms with Crippen LogP contribution in [0.5, 0.6) is 5.75 Å². The van der Waals surface area contributed by atoms with Gasteiger partial charge in [-0.3, -0.25) is 4.79 Å². The summed E-state index contributed by atoms with van der Waals surface area (Å²) in [5, 5.41) is 10.9. The first kappa shape index (κ1) is 20.6. The van der Waals surface area contributed by atoms with E-state index in [4.69, 9.17) is 4.74 Å². The number of pyridine rings is 1. The molecule has 31 heavy (non-hydrogen) atoms. The molecule has 2 N–H and O–H groups in total. The van der Waals surface area contributed by atoms with E-state index < -0.39 is 6.04 Å². The second kappa shape index (κ2) is 8.63. The number of urea groups is 1. The normalized spacial score (nSPS) is 16.0. The summed E-state index contributed by atoms with van der Waals surface area (Å²) in [6, 6.07) is 8.29. The van der Waals surface area contributed by atoms with Gasteiger partial charge in [0.1, 0.15) is 11.8 Å². The average molecular weight is 422 g/mol. The molecular weight excluding hydrogens is 396 g/mol. The van der Waals surface area contributed by atoms with Crippen molar-refractivity contribution in [3.8, 4) is 5.75 Å². The third-order valence-corrected chi connectivity index (χ3v) is 5.35. The van der Waals surface area contributed by atoms with Gasteiger partial charge in [0, 0.05) is 23.7 Å². The molecule has 0 saturated carbocycles. The van der Waals surface area contributed by atoms with Crippen LogP contribution in [0.2, 0.25) is 0 Å². The first-order valence-electron chi connectivity index (χ1n) is 10.3. The number of methoxy groups -OCH3 is 1. The number of rotatable bonds is 5. The third-order valence-electron chi connectivity index (χ3n) is 5.35. The number of aromatic nitrogens is 3. The van der Waals surface area contributed by atoms with Crippen LogP contribution in [-0.4, -0.2) is 51.3 Å². The summed E-state index contributed by atoms with van der Waals surface area (Å²) in [5.41, 5.74) is 2.00. The molecule has 3 aromatic rings. The van der Waals surface area contributed by atoms with Crippen molar-refractivity contribution in [2.45, 2.75) is 38.8 Å². The second-order valence-corrected chi connectivity index (χ2v) is 7.82. The van der Waals surface area contributed by atoms with Crippen LogP contribution in [-0.2, 0) is 4.79 Å². The lowest BCUT2D eigenvalue weighted by atomic mass is 10.2. The third kappa shape index (κ3) is 4.30. The van der Waals surface area contributed by atoms with Gasteiger partial charge in [0.15, 0.2) is 5.65 Å². The van der Waals surface area contributed by atoms with Crippen molar-refractivity contribution in [3.63, 3.8) is 0 Å². The maximum Gasteiger partial charge on any atom is 0.322 e. The van der Waals surface area contributed by atoms with Crippen LogP contribution < -0.4 is 15.4 Å². The number of carbonyl (C=O) groups excluding carboxylic acids is 2. The molecule has 1 unspecified atom stereocenters. The molecule has 4 rings (SSSR count). The minimum Gasteiger partial charge on any atom is -0.497 e. The van der Waals surface area contributed by atoms with Gasteiger partial charge in [-0.25, -0.2) is 14.5 Å². The Balaban J connectivity index is 1.43. The number of likely N-dealkylation sites (tertiary alicyclic amines) is 1. The predicted octanol–water partition coefficient (Wildman–Crippen LogP) is 3.66. The van der Waals surface area contributed by atoms with Crippen LogP contribution >= 0.6 is 0 Å². The Morgan fingerprint density at radius 3 is 2.61 bits per heavy atom. The highest BCUT2D eigenvalue weighted by Gasteiger charge is 2.34. The number of fused-ring (bicyclic) bond motifs is 1. The highest BCUT2D eigenvalue weighted by molar-refractivity contribution is 6.00. The summed E-state index contributed by atoms with van der Waals surface area (Å²) in [6.45, 7) is 4.59. The zero-order valence-electron chi connectivity index (χ0n) is 17.8. The fourth-order valence-electron chi connectivity index (χ4n) is 3.76. The van der Waals surface area contributed by atoms with E-state index in [1.807, 2.05) is 24.6 Å². The second-order valence-electron chi connectivity index (χ2n) is 7.82. The molecule has 1 aliphatic heterocycles. The number of hydrogen-bond donors (Lipinski definition) is 2. The molecule has 162 valence electrons. The summed E-state index contributed by atoms with van der Waals surface area (Å²) in [7, 11) is 1.59. The summed E-state index contributed by atoms with van der Waals surface area (Å²) in [5.74, 6) is 0.508. The summed E-state index contributed by atoms with van der Waals surface area (Å²) >= 11 is 0. The zero-order valence-corrected chi connectivity index (χ0v) is 17.8. The molecule has 3 amide bonds. The van der Waals surface area contributed by atoms with Crippen molar-refractivity contribution < 1.29 is 14.3 Å². The summed E-state index contributed by atoms with van der Waals surface area (Å²) in [6.07, 6.45) is 4.74. The van der Waals surface area contributed by atoms with Gasteiger partial charge in [-0.05, 0) is 57.0 Å². The number of ether oxygens (including phenoxy) is 1. The van der Waals surface area contributed by atoms with Crippen molar-refractivity contribution in [3.05, 3.63) is 42.7 Å². The van der Waals surface area contributed by atoms with Crippen LogP contribution in [0.25, 0.3) is 11.0 Å². The van der Waals surface area contributed by atoms with Crippen LogP contribution in [0.15, 0.2) is 42.7 Å². The number of anilines is 2. The van der Waals surface area contributed by atoms with Gasteiger partial charge in [0.2, 0.25) is 5.91 Å². The van der Waals surface area contributed by atoms with Crippen molar-refractivity contribution in [2.24, 2.45) is 0 Å². The first-order valence-corrected chi connectivity index (χ1v) is 10.3. The molecular formula is C22H26N6O3. The van der Waals surface area contributed by atoms with Gasteiger partial charge >= 0.3 is 6.03 Å². The lowest BCUT2D eigenvalue weighted by molar-refractivity contribution is -0.119. The van der Waals surface area contributed by atoms with E-state index in [0.717, 1.165) is 17.5 Å². The van der Waals surface area contributed by atoms with Crippen LogP contribution in [0.3, 0.4) is 0 Å². The number of hydrogen-bond acceptors (Lipinski definition) is 5. The minimum atomic E-state index is -0.525. The van der Waals surface area contributed by atoms with E-state index in [1.165, 1.54) is 0 Å². The molecule has 9 nitrogen and oxygen atoms in total. The standard InChI is InChI=1S/C22H26N6O3/c1-14(2)28-20-15(12-24-28)11-17(13-23-20)26-22(30)27-10-4-5-19(27)21(29)25-16-6-8-18(31-3)9-7-16/h6-9,11-14,19H,4-5,10H2,1-3H3,(H,25,29)(H,26,30). The largest absolute Gasteiger partial charge is 0.497 e. The van der Waals surface area contributed by atoms with Crippen molar-refractivity contribution >= 4 is 34.3 Å². The topological polar surface area (TPSA) is 101 Å². The lowest BCUT2D eigenvalue weighted by Gasteiger charge is -2.24. The smallest absolute Gasteiger partial charge is 0.322 e. The molecule has 9 heteroatoms. The Morgan fingerprint density at radius 2 is 1.90 bits per heavy atom. The average Bonchev–Trinajstić information content (AvgIpc) is 3.41. The Kier molecular flexibility index (Phi) is 5.75. The number of benzene rings is 1. The van der Waals surface area contributed by atoms with E-state index in [0.29, 0.717) is 30.1 Å². The molecule has 1 fully saturated rings. The van der Waals surface area contributed by atoms with Gasteiger partial charge in [0.25, 0.3) is 0 Å². The first-order chi connectivity index (χ1) is 15.0. The number of nitrogens with one attached hydrogen (secondary N) is 2. The highest BCUT2D eigenvalue weighted by Crippen LogP contribution is 2.23. The van der Waals surface area contributed by atoms with Crippen molar-refractivity contribution in [2.75, 3.05) is 24.3 Å². The number of carbonyl (C=O) groups is 2. The van der Waals surface area contributed by atoms with E-state index in [1.54, 1.807) is 48.7 Å².